The molecule has 0 radical (unpaired) electrons. The van der Waals surface area contributed by atoms with Crippen LogP contribution >= 0.6 is 0 Å². The van der Waals surface area contributed by atoms with Crippen LogP contribution in [0.15, 0.2) is 12.2 Å². The van der Waals surface area contributed by atoms with Crippen LogP contribution in [0.5, 0.6) is 0 Å². The van der Waals surface area contributed by atoms with E-state index in [2.05, 4.69) is 5.32 Å². The van der Waals surface area contributed by atoms with Gasteiger partial charge in [0, 0.05) is 20.0 Å². The molecule has 0 aliphatic heterocycles. The van der Waals surface area contributed by atoms with E-state index in [1.54, 1.807) is 7.05 Å². The predicted octanol–water partition coefficient (Wildman–Crippen LogP) is 1.32. The Morgan fingerprint density at radius 2 is 1.85 bits per heavy atom. The van der Waals surface area contributed by atoms with E-state index in [0.29, 0.717) is 6.42 Å². The third-order valence-electron chi connectivity index (χ3n) is 3.26. The van der Waals surface area contributed by atoms with E-state index in [1.807, 2.05) is 39.8 Å². The molecular formula is C15H28N2O3. The summed E-state index contributed by atoms with van der Waals surface area (Å²) in [7, 11) is 1.54. The number of nitrogens with zero attached hydrogens (tertiary/aromatic N) is 1. The highest BCUT2D eigenvalue weighted by molar-refractivity contribution is 5.87. The maximum absolute atomic E-state index is 12.2. The first-order valence-corrected chi connectivity index (χ1v) is 7.05. The van der Waals surface area contributed by atoms with E-state index in [-0.39, 0.29) is 23.8 Å². The molecule has 5 nitrogen and oxygen atoms in total. The van der Waals surface area contributed by atoms with E-state index >= 15 is 0 Å². The molecule has 116 valence electrons. The third kappa shape index (κ3) is 5.74. The van der Waals surface area contributed by atoms with Gasteiger partial charge in [-0.2, -0.15) is 0 Å². The lowest BCUT2D eigenvalue weighted by atomic mass is 9.93. The molecule has 0 bridgehead atoms. The van der Waals surface area contributed by atoms with Crippen molar-refractivity contribution in [2.24, 2.45) is 5.92 Å². The van der Waals surface area contributed by atoms with E-state index in [4.69, 9.17) is 0 Å². The van der Waals surface area contributed by atoms with Crippen molar-refractivity contribution in [2.75, 3.05) is 7.05 Å². The van der Waals surface area contributed by atoms with Crippen LogP contribution in [-0.2, 0) is 9.59 Å². The van der Waals surface area contributed by atoms with Gasteiger partial charge in [-0.3, -0.25) is 9.59 Å². The molecule has 0 saturated carbocycles. The summed E-state index contributed by atoms with van der Waals surface area (Å²) in [6.07, 6.45) is 3.61. The van der Waals surface area contributed by atoms with Crippen molar-refractivity contribution in [2.45, 2.75) is 59.2 Å². The first-order valence-electron chi connectivity index (χ1n) is 7.05. The Kier molecular flexibility index (Phi) is 8.15. The smallest absolute Gasteiger partial charge is 0.245 e. The van der Waals surface area contributed by atoms with Crippen molar-refractivity contribution >= 4 is 11.8 Å². The van der Waals surface area contributed by atoms with Gasteiger partial charge < -0.3 is 15.3 Å². The standard InChI is InChI=1S/C15H28N2O3/c1-7-8-9-11(4)14(19)13(17(6)12(5)18)15(20)16-10(2)3/h7-8,10-11,13-14,19H,9H2,1-6H3,(H,16,20)/b8-7+/t11-,13+,14-/m1/s1. The number of hydrogen-bond acceptors (Lipinski definition) is 3. The topological polar surface area (TPSA) is 69.6 Å². The molecule has 0 spiro atoms. The van der Waals surface area contributed by atoms with E-state index in [9.17, 15) is 14.7 Å². The second-order valence-electron chi connectivity index (χ2n) is 5.51. The highest BCUT2D eigenvalue weighted by Crippen LogP contribution is 2.17. The summed E-state index contributed by atoms with van der Waals surface area (Å²) in [5.74, 6) is -0.681. The average Bonchev–Trinajstić information content (AvgIpc) is 2.34. The van der Waals surface area contributed by atoms with Crippen molar-refractivity contribution in [1.82, 2.24) is 10.2 Å². The third-order valence-corrected chi connectivity index (χ3v) is 3.26. The Morgan fingerprint density at radius 1 is 1.30 bits per heavy atom. The quantitative estimate of drug-likeness (QED) is 0.693. The molecule has 0 fully saturated rings. The fraction of sp³-hybridized carbons (Fsp3) is 0.733. The van der Waals surface area contributed by atoms with Gasteiger partial charge in [0.2, 0.25) is 11.8 Å². The molecule has 2 amide bonds. The Balaban J connectivity index is 5.09. The minimum absolute atomic E-state index is 0.0385. The Bertz CT molecular complexity index is 353. The molecule has 0 aliphatic carbocycles. The first kappa shape index (κ1) is 18.6. The minimum atomic E-state index is -0.904. The number of rotatable bonds is 7. The molecule has 0 aromatic rings. The van der Waals surface area contributed by atoms with Crippen LogP contribution in [0.1, 0.15) is 41.0 Å². The van der Waals surface area contributed by atoms with Crippen LogP contribution in [0, 0.1) is 5.92 Å². The maximum Gasteiger partial charge on any atom is 0.245 e. The Morgan fingerprint density at radius 3 is 2.25 bits per heavy atom. The predicted molar refractivity (Wildman–Crippen MR) is 80.1 cm³/mol. The SMILES string of the molecule is C/C=C/C[C@@H](C)[C@@H](O)[C@@H](C(=O)NC(C)C)N(C)C(C)=O. The number of allylic oxidation sites excluding steroid dienone is 2. The number of aliphatic hydroxyl groups is 1. The number of nitrogens with one attached hydrogen (secondary N) is 1. The van der Waals surface area contributed by atoms with Crippen LogP contribution in [-0.4, -0.2) is 47.1 Å². The first-order chi connectivity index (χ1) is 9.22. The zero-order chi connectivity index (χ0) is 15.9. The van der Waals surface area contributed by atoms with Gasteiger partial charge in [-0.05, 0) is 33.1 Å². The number of aliphatic hydroxyl groups excluding tert-OH is 1. The number of amides is 2. The molecule has 20 heavy (non-hydrogen) atoms. The van der Waals surface area contributed by atoms with Gasteiger partial charge in [0.25, 0.3) is 0 Å². The molecule has 0 heterocycles. The van der Waals surface area contributed by atoms with Gasteiger partial charge in [-0.1, -0.05) is 19.1 Å². The Hall–Kier alpha value is -1.36. The Labute approximate surface area is 122 Å². The fourth-order valence-electron chi connectivity index (χ4n) is 1.93. The molecule has 0 unspecified atom stereocenters. The zero-order valence-electron chi connectivity index (χ0n) is 13.4. The van der Waals surface area contributed by atoms with Gasteiger partial charge in [-0.15, -0.1) is 0 Å². The average molecular weight is 284 g/mol. The minimum Gasteiger partial charge on any atom is -0.390 e. The molecular weight excluding hydrogens is 256 g/mol. The van der Waals surface area contributed by atoms with E-state index in [0.717, 1.165) is 0 Å². The molecule has 0 saturated heterocycles. The van der Waals surface area contributed by atoms with Crippen LogP contribution in [0.25, 0.3) is 0 Å². The van der Waals surface area contributed by atoms with Gasteiger partial charge in [0.1, 0.15) is 6.04 Å². The number of carbonyl (C=O) groups is 2. The van der Waals surface area contributed by atoms with Crippen molar-refractivity contribution in [1.29, 1.82) is 0 Å². The number of carbonyl (C=O) groups excluding carboxylic acids is 2. The molecule has 5 heteroatoms. The number of likely N-dealkylation sites (N-methyl/N-ethyl adjacent to an activating group) is 1. The molecule has 0 aromatic carbocycles. The summed E-state index contributed by atoms with van der Waals surface area (Å²) < 4.78 is 0. The lowest BCUT2D eigenvalue weighted by Gasteiger charge is -2.33. The van der Waals surface area contributed by atoms with Crippen molar-refractivity contribution < 1.29 is 14.7 Å². The summed E-state index contributed by atoms with van der Waals surface area (Å²) in [4.78, 5) is 25.1. The van der Waals surface area contributed by atoms with Crippen LogP contribution in [0.4, 0.5) is 0 Å². The zero-order valence-corrected chi connectivity index (χ0v) is 13.4. The summed E-state index contributed by atoms with van der Waals surface area (Å²) in [5, 5.41) is 13.2. The normalized spacial score (nSPS) is 16.0. The highest BCUT2D eigenvalue weighted by atomic mass is 16.3. The molecule has 2 N–H and O–H groups in total. The number of hydrogen-bond donors (Lipinski definition) is 2. The van der Waals surface area contributed by atoms with Crippen molar-refractivity contribution in [3.8, 4) is 0 Å². The van der Waals surface area contributed by atoms with E-state index < -0.39 is 12.1 Å². The maximum atomic E-state index is 12.2. The van der Waals surface area contributed by atoms with Crippen molar-refractivity contribution in [3.63, 3.8) is 0 Å². The monoisotopic (exact) mass is 284 g/mol. The molecule has 0 rings (SSSR count). The second-order valence-corrected chi connectivity index (χ2v) is 5.51. The lowest BCUT2D eigenvalue weighted by molar-refractivity contribution is -0.143. The van der Waals surface area contributed by atoms with Crippen LogP contribution < -0.4 is 5.32 Å². The van der Waals surface area contributed by atoms with E-state index in [1.165, 1.54) is 11.8 Å². The van der Waals surface area contributed by atoms with Gasteiger partial charge >= 0.3 is 0 Å². The van der Waals surface area contributed by atoms with Gasteiger partial charge in [0.15, 0.2) is 0 Å². The van der Waals surface area contributed by atoms with Crippen LogP contribution in [0.2, 0.25) is 0 Å². The highest BCUT2D eigenvalue weighted by Gasteiger charge is 2.35. The second kappa shape index (κ2) is 8.74. The lowest BCUT2D eigenvalue weighted by Crippen LogP contribution is -2.56. The molecule has 0 aliphatic rings. The molecule has 0 aromatic heterocycles. The summed E-state index contributed by atoms with van der Waals surface area (Å²) >= 11 is 0. The summed E-state index contributed by atoms with van der Waals surface area (Å²) in [6, 6.07) is -0.904. The van der Waals surface area contributed by atoms with Crippen molar-refractivity contribution in [3.05, 3.63) is 12.2 Å². The molecule has 3 atom stereocenters. The van der Waals surface area contributed by atoms with Crippen LogP contribution in [0.3, 0.4) is 0 Å². The van der Waals surface area contributed by atoms with Gasteiger partial charge in [-0.25, -0.2) is 0 Å². The summed E-state index contributed by atoms with van der Waals surface area (Å²) in [5.41, 5.74) is 0. The summed E-state index contributed by atoms with van der Waals surface area (Å²) in [6.45, 7) is 8.85. The van der Waals surface area contributed by atoms with Gasteiger partial charge in [0.05, 0.1) is 6.10 Å². The fourth-order valence-corrected chi connectivity index (χ4v) is 1.93. The largest absolute Gasteiger partial charge is 0.390 e.